The number of halogens is 1. The van der Waals surface area contributed by atoms with E-state index < -0.39 is 6.04 Å². The molecule has 1 fully saturated rings. The Kier molecular flexibility index (Phi) is 5.96. The fourth-order valence-corrected chi connectivity index (χ4v) is 3.37. The van der Waals surface area contributed by atoms with Crippen LogP contribution in [0.15, 0.2) is 24.3 Å². The van der Waals surface area contributed by atoms with Gasteiger partial charge in [-0.25, -0.2) is 0 Å². The average molecular weight is 408 g/mol. The molecule has 0 aliphatic heterocycles. The van der Waals surface area contributed by atoms with E-state index in [1.54, 1.807) is 24.3 Å². The van der Waals surface area contributed by atoms with E-state index in [0.29, 0.717) is 27.2 Å². The highest BCUT2D eigenvalue weighted by Crippen LogP contribution is 2.35. The molecule has 1 atom stereocenters. The van der Waals surface area contributed by atoms with Crippen LogP contribution in [-0.4, -0.2) is 32.6 Å². The Hall–Kier alpha value is -2.19. The van der Waals surface area contributed by atoms with Gasteiger partial charge in [0, 0.05) is 6.04 Å². The van der Waals surface area contributed by atoms with Crippen molar-refractivity contribution in [1.29, 1.82) is 0 Å². The molecule has 0 bridgehead atoms. The van der Waals surface area contributed by atoms with Gasteiger partial charge < -0.3 is 10.6 Å². The van der Waals surface area contributed by atoms with E-state index in [2.05, 4.69) is 20.8 Å². The predicted octanol–water partition coefficient (Wildman–Crippen LogP) is 3.00. The van der Waals surface area contributed by atoms with E-state index >= 15 is 0 Å². The van der Waals surface area contributed by atoms with Crippen LogP contribution in [0.25, 0.3) is 0 Å². The fourth-order valence-electron chi connectivity index (χ4n) is 2.85. The summed E-state index contributed by atoms with van der Waals surface area (Å²) < 4.78 is 2.51. The lowest BCUT2D eigenvalue weighted by molar-refractivity contribution is -0.124. The monoisotopic (exact) mass is 407 g/mol. The topological polar surface area (TPSA) is 91.8 Å². The molecule has 9 heteroatoms. The number of carbonyl (C=O) groups is 2. The molecule has 1 aromatic carbocycles. The molecular weight excluding hydrogens is 386 g/mol. The van der Waals surface area contributed by atoms with Gasteiger partial charge in [-0.05, 0) is 43.1 Å². The highest BCUT2D eigenvalue weighted by atomic mass is 35.5. The zero-order valence-electron chi connectivity index (χ0n) is 15.2. The van der Waals surface area contributed by atoms with Crippen molar-refractivity contribution in [3.63, 3.8) is 0 Å². The van der Waals surface area contributed by atoms with Crippen LogP contribution in [0.1, 0.15) is 48.9 Å². The number of H-pyrrole nitrogens is 1. The van der Waals surface area contributed by atoms with Gasteiger partial charge in [-0.2, -0.15) is 5.10 Å². The summed E-state index contributed by atoms with van der Waals surface area (Å²) in [5.74, 6) is -0.0618. The van der Waals surface area contributed by atoms with Crippen LogP contribution in [-0.2, 0) is 11.3 Å². The summed E-state index contributed by atoms with van der Waals surface area (Å²) in [6.45, 7) is 3.99. The van der Waals surface area contributed by atoms with Gasteiger partial charge in [0.1, 0.15) is 6.04 Å². The van der Waals surface area contributed by atoms with E-state index in [-0.39, 0.29) is 24.3 Å². The van der Waals surface area contributed by atoms with Crippen LogP contribution < -0.4 is 10.6 Å². The van der Waals surface area contributed by atoms with Crippen LogP contribution in [0.5, 0.6) is 0 Å². The van der Waals surface area contributed by atoms with E-state index in [4.69, 9.17) is 23.8 Å². The molecule has 1 aliphatic rings. The highest BCUT2D eigenvalue weighted by molar-refractivity contribution is 7.71. The number of amides is 2. The Morgan fingerprint density at radius 1 is 1.37 bits per heavy atom. The summed E-state index contributed by atoms with van der Waals surface area (Å²) in [6, 6.07) is 6.42. The summed E-state index contributed by atoms with van der Waals surface area (Å²) in [6.07, 6.45) is 2.13. The first-order valence-corrected chi connectivity index (χ1v) is 9.66. The molecule has 0 spiro atoms. The molecule has 1 aromatic heterocycles. The molecular formula is C18H22ClN5O2S. The molecule has 2 aromatic rings. The van der Waals surface area contributed by atoms with Crippen LogP contribution in [0.3, 0.4) is 0 Å². The Bertz CT molecular complexity index is 903. The van der Waals surface area contributed by atoms with E-state index in [0.717, 1.165) is 12.8 Å². The quantitative estimate of drug-likeness (QED) is 0.615. The molecule has 1 saturated carbocycles. The smallest absolute Gasteiger partial charge is 0.253 e. The SMILES string of the molecule is CC(C)C(NC(=O)c1ccccc1Cl)C(=O)NCc1n[nH]c(=S)n1C1CC1. The Balaban J connectivity index is 1.66. The standard InChI is InChI=1S/C18H22ClN5O2S/c1-10(2)15(21-16(25)12-5-3-4-6-13(12)19)17(26)20-9-14-22-23-18(27)24(14)11-7-8-11/h3-6,10-11,15H,7-9H2,1-2H3,(H,20,26)(H,21,25)(H,23,27). The minimum Gasteiger partial charge on any atom is -0.347 e. The largest absolute Gasteiger partial charge is 0.347 e. The average Bonchev–Trinajstić information content (AvgIpc) is 3.40. The predicted molar refractivity (Wildman–Crippen MR) is 105 cm³/mol. The molecule has 7 nitrogen and oxygen atoms in total. The van der Waals surface area contributed by atoms with Gasteiger partial charge >= 0.3 is 0 Å². The molecule has 2 amide bonds. The first kappa shape index (κ1) is 19.6. The second-order valence-corrected chi connectivity index (χ2v) is 7.73. The molecule has 27 heavy (non-hydrogen) atoms. The van der Waals surface area contributed by atoms with Gasteiger partial charge in [0.05, 0.1) is 17.1 Å². The summed E-state index contributed by atoms with van der Waals surface area (Å²) in [4.78, 5) is 25.2. The number of hydrogen-bond acceptors (Lipinski definition) is 4. The lowest BCUT2D eigenvalue weighted by atomic mass is 10.0. The number of rotatable bonds is 7. The first-order chi connectivity index (χ1) is 12.9. The summed E-state index contributed by atoms with van der Waals surface area (Å²) in [5.41, 5.74) is 0.340. The van der Waals surface area contributed by atoms with Crippen molar-refractivity contribution in [3.05, 3.63) is 45.4 Å². The zero-order valence-corrected chi connectivity index (χ0v) is 16.7. The van der Waals surface area contributed by atoms with Crippen molar-refractivity contribution < 1.29 is 9.59 Å². The first-order valence-electron chi connectivity index (χ1n) is 8.87. The third kappa shape index (κ3) is 4.56. The van der Waals surface area contributed by atoms with Gasteiger partial charge in [0.15, 0.2) is 10.6 Å². The number of nitrogens with zero attached hydrogens (tertiary/aromatic N) is 2. The number of carbonyl (C=O) groups excluding carboxylic acids is 2. The normalized spacial score (nSPS) is 14.8. The second kappa shape index (κ2) is 8.22. The van der Waals surface area contributed by atoms with Crippen LogP contribution >= 0.6 is 23.8 Å². The van der Waals surface area contributed by atoms with Gasteiger partial charge in [-0.1, -0.05) is 37.6 Å². The highest BCUT2D eigenvalue weighted by Gasteiger charge is 2.29. The van der Waals surface area contributed by atoms with Crippen molar-refractivity contribution in [3.8, 4) is 0 Å². The molecule has 1 unspecified atom stereocenters. The van der Waals surface area contributed by atoms with Gasteiger partial charge in [0.25, 0.3) is 5.91 Å². The van der Waals surface area contributed by atoms with Crippen molar-refractivity contribution in [2.75, 3.05) is 0 Å². The van der Waals surface area contributed by atoms with Gasteiger partial charge in [0.2, 0.25) is 5.91 Å². The van der Waals surface area contributed by atoms with Crippen LogP contribution in [0.2, 0.25) is 5.02 Å². The minimum atomic E-state index is -0.690. The summed E-state index contributed by atoms with van der Waals surface area (Å²) in [5, 5.41) is 12.9. The number of aromatic amines is 1. The second-order valence-electron chi connectivity index (χ2n) is 6.94. The Morgan fingerprint density at radius 2 is 2.07 bits per heavy atom. The number of aromatic nitrogens is 3. The molecule has 0 radical (unpaired) electrons. The lowest BCUT2D eigenvalue weighted by Crippen LogP contribution is -2.49. The van der Waals surface area contributed by atoms with Crippen molar-refractivity contribution in [2.45, 2.75) is 45.3 Å². The molecule has 1 heterocycles. The fraction of sp³-hybridized carbons (Fsp3) is 0.444. The third-order valence-corrected chi connectivity index (χ3v) is 5.08. The molecule has 0 saturated heterocycles. The maximum atomic E-state index is 12.7. The number of benzene rings is 1. The van der Waals surface area contributed by atoms with E-state index in [1.807, 2.05) is 18.4 Å². The number of nitrogens with one attached hydrogen (secondary N) is 3. The molecule has 1 aliphatic carbocycles. The maximum Gasteiger partial charge on any atom is 0.253 e. The molecule has 144 valence electrons. The third-order valence-electron chi connectivity index (χ3n) is 4.46. The maximum absolute atomic E-state index is 12.7. The van der Waals surface area contributed by atoms with Crippen molar-refractivity contribution in [2.24, 2.45) is 5.92 Å². The Morgan fingerprint density at radius 3 is 2.70 bits per heavy atom. The van der Waals surface area contributed by atoms with Crippen molar-refractivity contribution in [1.82, 2.24) is 25.4 Å². The van der Waals surface area contributed by atoms with E-state index in [1.165, 1.54) is 0 Å². The molecule has 3 rings (SSSR count). The lowest BCUT2D eigenvalue weighted by Gasteiger charge is -2.22. The van der Waals surface area contributed by atoms with Gasteiger partial charge in [-0.3, -0.25) is 19.3 Å². The van der Waals surface area contributed by atoms with E-state index in [9.17, 15) is 9.59 Å². The molecule has 3 N–H and O–H groups in total. The zero-order chi connectivity index (χ0) is 19.6. The number of hydrogen-bond donors (Lipinski definition) is 3. The van der Waals surface area contributed by atoms with Crippen molar-refractivity contribution >= 4 is 35.6 Å². The minimum absolute atomic E-state index is 0.0966. The van der Waals surface area contributed by atoms with Crippen LogP contribution in [0.4, 0.5) is 0 Å². The Labute approximate surface area is 167 Å². The summed E-state index contributed by atoms with van der Waals surface area (Å²) >= 11 is 11.3. The van der Waals surface area contributed by atoms with Gasteiger partial charge in [-0.15, -0.1) is 0 Å². The van der Waals surface area contributed by atoms with Crippen LogP contribution in [0, 0.1) is 10.7 Å². The summed E-state index contributed by atoms with van der Waals surface area (Å²) in [7, 11) is 0.